The van der Waals surface area contributed by atoms with E-state index in [0.29, 0.717) is 30.9 Å². The number of carbonyl (C=O) groups excluding carboxylic acids is 2. The molecule has 0 radical (unpaired) electrons. The molecule has 0 spiro atoms. The van der Waals surface area contributed by atoms with Crippen LogP contribution in [0.5, 0.6) is 0 Å². The number of aliphatic hydroxyl groups excluding tert-OH is 1. The van der Waals surface area contributed by atoms with Crippen molar-refractivity contribution in [2.75, 3.05) is 19.6 Å². The molecule has 1 aromatic heterocycles. The molecule has 0 fully saturated rings. The van der Waals surface area contributed by atoms with Crippen molar-refractivity contribution in [1.29, 1.82) is 5.26 Å². The highest BCUT2D eigenvalue weighted by Gasteiger charge is 2.48. The summed E-state index contributed by atoms with van der Waals surface area (Å²) in [5.74, 6) is -1.40. The maximum atomic E-state index is 13.7. The van der Waals surface area contributed by atoms with Gasteiger partial charge < -0.3 is 25.6 Å². The summed E-state index contributed by atoms with van der Waals surface area (Å²) < 4.78 is 1.80. The highest BCUT2D eigenvalue weighted by molar-refractivity contribution is 5.96. The predicted octanol–water partition coefficient (Wildman–Crippen LogP) is 3.68. The second kappa shape index (κ2) is 15.5. The van der Waals surface area contributed by atoms with Crippen LogP contribution in [0.3, 0.4) is 0 Å². The van der Waals surface area contributed by atoms with Crippen LogP contribution >= 0.6 is 0 Å². The molecule has 0 saturated carbocycles. The first kappa shape index (κ1) is 32.8. The number of nitrogens with one attached hydrogen (secondary N) is 1. The Kier molecular flexibility index (Phi) is 12.1. The van der Waals surface area contributed by atoms with Crippen molar-refractivity contribution in [1.82, 2.24) is 19.8 Å². The molecule has 3 rings (SSSR count). The number of nitrogens with zero attached hydrogens (tertiary/aromatic N) is 4. The van der Waals surface area contributed by atoms with Crippen LogP contribution in [0.2, 0.25) is 0 Å². The molecule has 1 aliphatic rings. The van der Waals surface area contributed by atoms with Gasteiger partial charge in [0.2, 0.25) is 11.8 Å². The van der Waals surface area contributed by atoms with Gasteiger partial charge in [0.25, 0.3) is 0 Å². The number of aromatic nitrogens is 2. The van der Waals surface area contributed by atoms with Gasteiger partial charge >= 0.3 is 0 Å². The molecule has 2 amide bonds. The Hall–Kier alpha value is -3.74. The van der Waals surface area contributed by atoms with E-state index in [-0.39, 0.29) is 31.8 Å². The molecule has 0 aliphatic heterocycles. The number of amides is 2. The molecule has 1 unspecified atom stereocenters. The van der Waals surface area contributed by atoms with E-state index in [0.717, 1.165) is 30.4 Å². The number of rotatable bonds is 16. The summed E-state index contributed by atoms with van der Waals surface area (Å²) in [6.07, 6.45) is 8.69. The lowest BCUT2D eigenvalue weighted by atomic mass is 9.65. The van der Waals surface area contributed by atoms with Crippen LogP contribution < -0.4 is 11.1 Å². The van der Waals surface area contributed by atoms with E-state index < -0.39 is 23.3 Å². The molecule has 9 nitrogen and oxygen atoms in total. The molecule has 1 heterocycles. The first-order chi connectivity index (χ1) is 20.2. The van der Waals surface area contributed by atoms with E-state index in [2.05, 4.69) is 35.4 Å². The quantitative estimate of drug-likeness (QED) is 0.280. The second-order valence-corrected chi connectivity index (χ2v) is 11.3. The van der Waals surface area contributed by atoms with Crippen molar-refractivity contribution in [3.8, 4) is 6.07 Å². The number of aryl methyl sites for hydroxylation is 1. The maximum Gasteiger partial charge on any atom is 0.249 e. The SMILES string of the molecule is CCCN(CCC)C(=O)C1=CC(C)=CC(C(N)=O)([C@@H](Cn2cncc2CC#N)[C@@H](O)CNCc2cccc(CC)c2)C1. The zero-order valence-corrected chi connectivity index (χ0v) is 25.5. The third-order valence-electron chi connectivity index (χ3n) is 8.04. The van der Waals surface area contributed by atoms with E-state index in [4.69, 9.17) is 5.73 Å². The van der Waals surface area contributed by atoms with Gasteiger partial charge in [-0.15, -0.1) is 0 Å². The molecule has 0 bridgehead atoms. The third-order valence-corrected chi connectivity index (χ3v) is 8.04. The molecule has 1 aliphatic carbocycles. The van der Waals surface area contributed by atoms with Gasteiger partial charge in [-0.1, -0.05) is 62.8 Å². The van der Waals surface area contributed by atoms with Gasteiger partial charge in [0, 0.05) is 50.4 Å². The van der Waals surface area contributed by atoms with E-state index in [9.17, 15) is 20.0 Å². The van der Waals surface area contributed by atoms with E-state index in [1.807, 2.05) is 50.0 Å². The Bertz CT molecular complexity index is 1320. The predicted molar refractivity (Wildman–Crippen MR) is 164 cm³/mol. The van der Waals surface area contributed by atoms with E-state index in [1.54, 1.807) is 17.1 Å². The van der Waals surface area contributed by atoms with Gasteiger partial charge in [-0.25, -0.2) is 4.98 Å². The number of carbonyl (C=O) groups is 2. The smallest absolute Gasteiger partial charge is 0.249 e. The zero-order chi connectivity index (χ0) is 30.7. The highest BCUT2D eigenvalue weighted by atomic mass is 16.3. The summed E-state index contributed by atoms with van der Waals surface area (Å²) in [6.45, 7) is 10.2. The monoisotopic (exact) mass is 574 g/mol. The molecular weight excluding hydrogens is 528 g/mol. The number of hydrogen-bond acceptors (Lipinski definition) is 6. The van der Waals surface area contributed by atoms with Crippen molar-refractivity contribution in [2.45, 2.75) is 79.0 Å². The molecule has 4 N–H and O–H groups in total. The maximum absolute atomic E-state index is 13.7. The number of allylic oxidation sites excluding steroid dienone is 2. The normalized spacial score (nSPS) is 18.0. The van der Waals surface area contributed by atoms with Gasteiger partial charge in [0.05, 0.1) is 36.0 Å². The summed E-state index contributed by atoms with van der Waals surface area (Å²) in [5, 5.41) is 24.4. The fraction of sp³-hybridized carbons (Fsp3) is 0.515. The molecule has 42 heavy (non-hydrogen) atoms. The van der Waals surface area contributed by atoms with Crippen LogP contribution in [0.25, 0.3) is 0 Å². The zero-order valence-electron chi connectivity index (χ0n) is 25.5. The van der Waals surface area contributed by atoms with Gasteiger partial charge in [-0.05, 0) is 43.7 Å². The minimum absolute atomic E-state index is 0.0883. The molecule has 0 saturated heterocycles. The van der Waals surface area contributed by atoms with Crippen molar-refractivity contribution in [3.63, 3.8) is 0 Å². The summed E-state index contributed by atoms with van der Waals surface area (Å²) in [4.78, 5) is 33.2. The second-order valence-electron chi connectivity index (χ2n) is 11.3. The van der Waals surface area contributed by atoms with Gasteiger partial charge in [0.15, 0.2) is 0 Å². The average molecular weight is 575 g/mol. The van der Waals surface area contributed by atoms with Crippen molar-refractivity contribution >= 4 is 11.8 Å². The standard InChI is InChI=1S/C33H46N6O3/c1-5-13-38(14-6-2)31(41)27-15-24(4)17-33(18-27,32(35)42)29(22-39-23-37-20-28(39)11-12-34)30(40)21-36-19-26-10-8-9-25(7-3)16-26/h8-10,15-17,20,23,29-30,36,40H,5-7,11,13-14,18-19,21-22H2,1-4H3,(H2,35,42)/t29-,30-,33?/m0/s1. The lowest BCUT2D eigenvalue weighted by Crippen LogP contribution is -2.52. The Morgan fingerprint density at radius 1 is 1.24 bits per heavy atom. The first-order valence-corrected chi connectivity index (χ1v) is 15.0. The van der Waals surface area contributed by atoms with Crippen LogP contribution in [0.15, 0.2) is 60.1 Å². The molecule has 226 valence electrons. The number of aliphatic hydroxyl groups is 1. The minimum atomic E-state index is -1.33. The Labute approximate surface area is 250 Å². The van der Waals surface area contributed by atoms with Crippen LogP contribution in [0.4, 0.5) is 0 Å². The Balaban J connectivity index is 1.97. The van der Waals surface area contributed by atoms with Crippen molar-refractivity contribution in [2.24, 2.45) is 17.1 Å². The lowest BCUT2D eigenvalue weighted by Gasteiger charge is -2.42. The molecule has 9 heteroatoms. The largest absolute Gasteiger partial charge is 0.391 e. The fourth-order valence-corrected chi connectivity index (χ4v) is 5.96. The van der Waals surface area contributed by atoms with Gasteiger partial charge in [0.1, 0.15) is 0 Å². The van der Waals surface area contributed by atoms with Gasteiger partial charge in [-0.3, -0.25) is 9.59 Å². The van der Waals surface area contributed by atoms with Crippen LogP contribution in [0.1, 0.15) is 63.8 Å². The highest BCUT2D eigenvalue weighted by Crippen LogP contribution is 2.44. The number of imidazole rings is 1. The first-order valence-electron chi connectivity index (χ1n) is 15.0. The van der Waals surface area contributed by atoms with Gasteiger partial charge in [-0.2, -0.15) is 5.26 Å². The number of benzene rings is 1. The van der Waals surface area contributed by atoms with E-state index >= 15 is 0 Å². The minimum Gasteiger partial charge on any atom is -0.391 e. The Morgan fingerprint density at radius 3 is 2.60 bits per heavy atom. The van der Waals surface area contributed by atoms with Crippen LogP contribution in [-0.2, 0) is 35.5 Å². The number of hydrogen-bond donors (Lipinski definition) is 3. The summed E-state index contributed by atoms with van der Waals surface area (Å²) in [6, 6.07) is 10.4. The molecule has 2 aromatic rings. The number of nitriles is 1. The summed E-state index contributed by atoms with van der Waals surface area (Å²) >= 11 is 0. The average Bonchev–Trinajstić information content (AvgIpc) is 3.41. The van der Waals surface area contributed by atoms with Crippen molar-refractivity contribution in [3.05, 3.63) is 76.9 Å². The van der Waals surface area contributed by atoms with Crippen LogP contribution in [-0.4, -0.2) is 57.1 Å². The molecule has 3 atom stereocenters. The fourth-order valence-electron chi connectivity index (χ4n) is 5.96. The molecule has 1 aromatic carbocycles. The summed E-state index contributed by atoms with van der Waals surface area (Å²) in [7, 11) is 0. The number of nitrogens with two attached hydrogens (primary N) is 1. The topological polar surface area (TPSA) is 137 Å². The van der Waals surface area contributed by atoms with Crippen molar-refractivity contribution < 1.29 is 14.7 Å². The van der Waals surface area contributed by atoms with E-state index in [1.165, 1.54) is 5.56 Å². The lowest BCUT2D eigenvalue weighted by molar-refractivity contribution is -0.132. The molecular formula is C33H46N6O3. The third kappa shape index (κ3) is 7.96. The van der Waals surface area contributed by atoms with Crippen LogP contribution in [0, 0.1) is 22.7 Å². The summed E-state index contributed by atoms with van der Waals surface area (Å²) in [5.41, 5.74) is 9.14. The Morgan fingerprint density at radius 2 is 1.95 bits per heavy atom. The number of primary amides is 1.